The molecule has 0 aliphatic carbocycles. The van der Waals surface area contributed by atoms with E-state index in [1.165, 1.54) is 6.07 Å². The maximum absolute atomic E-state index is 10.4. The second kappa shape index (κ2) is 9.09. The lowest BCUT2D eigenvalue weighted by molar-refractivity contribution is 0.154. The first-order valence-electron chi connectivity index (χ1n) is 6.98. The Bertz CT molecular complexity index is 601. The molecule has 0 spiro atoms. The number of hydrogen-bond acceptors (Lipinski definition) is 6. The molecule has 0 atom stereocenters. The maximum Gasteiger partial charge on any atom is 0.404 e. The van der Waals surface area contributed by atoms with Gasteiger partial charge in [-0.1, -0.05) is 6.42 Å². The summed E-state index contributed by atoms with van der Waals surface area (Å²) in [5.41, 5.74) is 12.4. The van der Waals surface area contributed by atoms with Crippen LogP contribution in [0.25, 0.3) is 0 Å². The molecule has 5 N–H and O–H groups in total. The van der Waals surface area contributed by atoms with Crippen molar-refractivity contribution >= 4 is 17.5 Å². The fourth-order valence-corrected chi connectivity index (χ4v) is 1.93. The summed E-state index contributed by atoms with van der Waals surface area (Å²) in [7, 11) is 0. The van der Waals surface area contributed by atoms with Crippen LogP contribution in [0.4, 0.5) is 16.2 Å². The number of unbranched alkanes of at least 4 members (excludes halogenated alkanes) is 3. The average Bonchev–Trinajstić information content (AvgIpc) is 2.50. The van der Waals surface area contributed by atoms with Crippen molar-refractivity contribution in [1.82, 2.24) is 0 Å². The highest BCUT2D eigenvalue weighted by atomic mass is 16.5. The summed E-state index contributed by atoms with van der Waals surface area (Å²) in [6.45, 7) is 1.05. The predicted molar refractivity (Wildman–Crippen MR) is 82.8 cm³/mol. The third-order valence-corrected chi connectivity index (χ3v) is 3.06. The van der Waals surface area contributed by atoms with Gasteiger partial charge in [-0.2, -0.15) is 10.5 Å². The van der Waals surface area contributed by atoms with Gasteiger partial charge in [0, 0.05) is 6.54 Å². The maximum atomic E-state index is 10.4. The highest BCUT2D eigenvalue weighted by Gasteiger charge is 2.07. The number of nitrogens with two attached hydrogens (primary N) is 2. The quantitative estimate of drug-likeness (QED) is 0.496. The van der Waals surface area contributed by atoms with Gasteiger partial charge in [0.25, 0.3) is 0 Å². The van der Waals surface area contributed by atoms with Crippen LogP contribution >= 0.6 is 0 Å². The molecule has 1 amide bonds. The van der Waals surface area contributed by atoms with E-state index in [1.807, 2.05) is 12.1 Å². The molecule has 0 bridgehead atoms. The van der Waals surface area contributed by atoms with Crippen LogP contribution < -0.4 is 16.8 Å². The minimum absolute atomic E-state index is 0.278. The van der Waals surface area contributed by atoms with Gasteiger partial charge in [-0.15, -0.1) is 0 Å². The summed E-state index contributed by atoms with van der Waals surface area (Å²) in [6, 6.07) is 7.02. The number of benzene rings is 1. The van der Waals surface area contributed by atoms with Crippen LogP contribution in [0.3, 0.4) is 0 Å². The molecule has 0 saturated heterocycles. The summed E-state index contributed by atoms with van der Waals surface area (Å²) in [6.07, 6.45) is 2.85. The third kappa shape index (κ3) is 5.59. The minimum atomic E-state index is -0.744. The molecule has 0 saturated carbocycles. The molecule has 0 aliphatic heterocycles. The number of anilines is 2. The molecule has 7 heteroatoms. The summed E-state index contributed by atoms with van der Waals surface area (Å²) < 4.78 is 4.63. The molecule has 0 aromatic heterocycles. The zero-order valence-electron chi connectivity index (χ0n) is 12.3. The van der Waals surface area contributed by atoms with Crippen LogP contribution in [0.2, 0.25) is 0 Å². The Balaban J connectivity index is 2.33. The van der Waals surface area contributed by atoms with Gasteiger partial charge in [-0.3, -0.25) is 0 Å². The summed E-state index contributed by atoms with van der Waals surface area (Å²) >= 11 is 0. The Labute approximate surface area is 129 Å². The average molecular weight is 301 g/mol. The van der Waals surface area contributed by atoms with E-state index in [0.29, 0.717) is 30.1 Å². The van der Waals surface area contributed by atoms with Gasteiger partial charge < -0.3 is 21.5 Å². The number of nitrogen functional groups attached to an aromatic ring is 1. The molecule has 0 fully saturated rings. The highest BCUT2D eigenvalue weighted by molar-refractivity contribution is 5.71. The first kappa shape index (κ1) is 17.1. The van der Waals surface area contributed by atoms with Gasteiger partial charge in [0.2, 0.25) is 0 Å². The van der Waals surface area contributed by atoms with Gasteiger partial charge in [0.05, 0.1) is 29.1 Å². The Hall–Kier alpha value is -2.93. The van der Waals surface area contributed by atoms with Crippen molar-refractivity contribution in [3.63, 3.8) is 0 Å². The van der Waals surface area contributed by atoms with Crippen molar-refractivity contribution in [2.24, 2.45) is 5.73 Å². The minimum Gasteiger partial charge on any atom is -0.450 e. The van der Waals surface area contributed by atoms with Crippen LogP contribution in [0.5, 0.6) is 0 Å². The molecule has 7 nitrogen and oxygen atoms in total. The van der Waals surface area contributed by atoms with Crippen molar-refractivity contribution in [3.8, 4) is 12.1 Å². The molecule has 1 aromatic rings. The number of nitrogens with one attached hydrogen (secondary N) is 1. The van der Waals surface area contributed by atoms with Gasteiger partial charge in [-0.05, 0) is 31.4 Å². The standard InChI is InChI=1S/C15H19N5O2/c16-9-11-7-13(18)14(8-12(11)10-17)20-5-3-1-2-4-6-22-15(19)21/h7-8,20H,1-6,18H2,(H2,19,21). The van der Waals surface area contributed by atoms with E-state index in [9.17, 15) is 4.79 Å². The lowest BCUT2D eigenvalue weighted by atomic mass is 10.1. The van der Waals surface area contributed by atoms with Crippen molar-refractivity contribution in [2.75, 3.05) is 24.2 Å². The fourth-order valence-electron chi connectivity index (χ4n) is 1.93. The van der Waals surface area contributed by atoms with Gasteiger partial charge in [0.1, 0.15) is 12.1 Å². The van der Waals surface area contributed by atoms with Crippen LogP contribution in [-0.2, 0) is 4.74 Å². The molecule has 0 aliphatic rings. The van der Waals surface area contributed by atoms with E-state index >= 15 is 0 Å². The summed E-state index contributed by atoms with van der Waals surface area (Å²) in [5.74, 6) is 0. The van der Waals surface area contributed by atoms with Gasteiger partial charge in [0.15, 0.2) is 0 Å². The summed E-state index contributed by atoms with van der Waals surface area (Å²) in [5, 5.41) is 21.0. The van der Waals surface area contributed by atoms with Crippen molar-refractivity contribution in [3.05, 3.63) is 23.3 Å². The Morgan fingerprint density at radius 1 is 1.14 bits per heavy atom. The largest absolute Gasteiger partial charge is 0.450 e. The second-order valence-electron chi connectivity index (χ2n) is 4.72. The number of carbonyl (C=O) groups is 1. The monoisotopic (exact) mass is 301 g/mol. The van der Waals surface area contributed by atoms with Crippen molar-refractivity contribution in [2.45, 2.75) is 25.7 Å². The topological polar surface area (TPSA) is 138 Å². The number of ether oxygens (including phenoxy) is 1. The molecule has 0 unspecified atom stereocenters. The Morgan fingerprint density at radius 2 is 1.77 bits per heavy atom. The Morgan fingerprint density at radius 3 is 2.41 bits per heavy atom. The lowest BCUT2D eigenvalue weighted by Gasteiger charge is -2.10. The van der Waals surface area contributed by atoms with E-state index in [4.69, 9.17) is 22.0 Å². The van der Waals surface area contributed by atoms with E-state index in [0.717, 1.165) is 25.7 Å². The van der Waals surface area contributed by atoms with E-state index in [2.05, 4.69) is 10.1 Å². The zero-order chi connectivity index (χ0) is 16.4. The first-order valence-corrected chi connectivity index (χ1v) is 6.98. The van der Waals surface area contributed by atoms with Crippen LogP contribution in [-0.4, -0.2) is 19.2 Å². The lowest BCUT2D eigenvalue weighted by Crippen LogP contribution is -2.13. The van der Waals surface area contributed by atoms with Crippen LogP contribution in [0, 0.1) is 22.7 Å². The smallest absolute Gasteiger partial charge is 0.404 e. The molecular weight excluding hydrogens is 282 g/mol. The first-order chi connectivity index (χ1) is 10.6. The molecule has 22 heavy (non-hydrogen) atoms. The number of nitriles is 2. The van der Waals surface area contributed by atoms with E-state index < -0.39 is 6.09 Å². The second-order valence-corrected chi connectivity index (χ2v) is 4.72. The van der Waals surface area contributed by atoms with Gasteiger partial charge in [-0.25, -0.2) is 4.79 Å². The predicted octanol–water partition coefficient (Wildman–Crippen LogP) is 2.08. The molecule has 1 rings (SSSR count). The molecule has 116 valence electrons. The zero-order valence-corrected chi connectivity index (χ0v) is 12.3. The molecule has 0 radical (unpaired) electrons. The van der Waals surface area contributed by atoms with E-state index in [-0.39, 0.29) is 5.56 Å². The molecule has 0 heterocycles. The number of hydrogen-bond donors (Lipinski definition) is 3. The third-order valence-electron chi connectivity index (χ3n) is 3.06. The highest BCUT2D eigenvalue weighted by Crippen LogP contribution is 2.23. The fraction of sp³-hybridized carbons (Fsp3) is 0.400. The normalized spacial score (nSPS) is 9.55. The molecular formula is C15H19N5O2. The number of amides is 1. The van der Waals surface area contributed by atoms with Crippen molar-refractivity contribution < 1.29 is 9.53 Å². The number of primary amides is 1. The number of rotatable bonds is 8. The van der Waals surface area contributed by atoms with Crippen molar-refractivity contribution in [1.29, 1.82) is 10.5 Å². The SMILES string of the molecule is N#Cc1cc(N)c(NCCCCCCOC(N)=O)cc1C#N. The Kier molecular flexibility index (Phi) is 7.07. The van der Waals surface area contributed by atoms with E-state index in [1.54, 1.807) is 6.07 Å². The van der Waals surface area contributed by atoms with Crippen LogP contribution in [0.1, 0.15) is 36.8 Å². The summed E-state index contributed by atoms with van der Waals surface area (Å²) in [4.78, 5) is 10.4. The van der Waals surface area contributed by atoms with Gasteiger partial charge >= 0.3 is 6.09 Å². The number of nitrogens with zero attached hydrogens (tertiary/aromatic N) is 2. The molecule has 1 aromatic carbocycles. The van der Waals surface area contributed by atoms with Crippen LogP contribution in [0.15, 0.2) is 12.1 Å². The number of carbonyl (C=O) groups excluding carboxylic acids is 1.